The second kappa shape index (κ2) is 5.69. The number of hydrogen-bond acceptors (Lipinski definition) is 4. The maximum atomic E-state index is 12.7. The molecule has 1 fully saturated rings. The van der Waals surface area contributed by atoms with E-state index in [9.17, 15) is 8.42 Å². The fourth-order valence-corrected chi connectivity index (χ4v) is 4.84. The molecule has 0 aliphatic carbocycles. The number of nitrogen functional groups attached to an aromatic ring is 1. The van der Waals surface area contributed by atoms with Crippen LogP contribution in [0.4, 0.5) is 5.69 Å². The highest BCUT2D eigenvalue weighted by Gasteiger charge is 2.34. The van der Waals surface area contributed by atoms with Gasteiger partial charge in [0.2, 0.25) is 10.0 Å². The highest BCUT2D eigenvalue weighted by molar-refractivity contribution is 7.89. The lowest BCUT2D eigenvalue weighted by Gasteiger charge is -2.34. The molecular formula is C12H16Cl2N2O3S. The van der Waals surface area contributed by atoms with Crippen molar-refractivity contribution >= 4 is 38.9 Å². The van der Waals surface area contributed by atoms with E-state index in [0.717, 1.165) is 0 Å². The van der Waals surface area contributed by atoms with E-state index in [0.29, 0.717) is 5.02 Å². The molecule has 0 unspecified atom stereocenters. The fraction of sp³-hybridized carbons (Fsp3) is 0.500. The number of anilines is 1. The van der Waals surface area contributed by atoms with Crippen molar-refractivity contribution in [3.63, 3.8) is 0 Å². The van der Waals surface area contributed by atoms with Crippen molar-refractivity contribution in [1.82, 2.24) is 4.31 Å². The molecule has 0 spiro atoms. The molecule has 20 heavy (non-hydrogen) atoms. The van der Waals surface area contributed by atoms with E-state index in [1.54, 1.807) is 0 Å². The zero-order chi connectivity index (χ0) is 15.1. The summed E-state index contributed by atoms with van der Waals surface area (Å²) < 4.78 is 32.3. The van der Waals surface area contributed by atoms with Crippen LogP contribution >= 0.6 is 23.2 Å². The van der Waals surface area contributed by atoms with Crippen LogP contribution < -0.4 is 5.73 Å². The highest BCUT2D eigenvalue weighted by Crippen LogP contribution is 2.34. The Hall–Kier alpha value is -0.530. The molecule has 2 rings (SSSR count). The maximum absolute atomic E-state index is 12.7. The van der Waals surface area contributed by atoms with Gasteiger partial charge >= 0.3 is 0 Å². The SMILES string of the molecule is C[C@@H]1CN(S(=O)(=O)c2c(N)cc(Cl)cc2Cl)C[C@H](C)O1. The van der Waals surface area contributed by atoms with Crippen LogP contribution in [0.3, 0.4) is 0 Å². The Balaban J connectivity index is 2.45. The summed E-state index contributed by atoms with van der Waals surface area (Å²) in [5.41, 5.74) is 5.83. The van der Waals surface area contributed by atoms with Gasteiger partial charge in [-0.1, -0.05) is 23.2 Å². The molecule has 5 nitrogen and oxygen atoms in total. The average Bonchev–Trinajstić information content (AvgIpc) is 2.25. The predicted molar refractivity (Wildman–Crippen MR) is 79.6 cm³/mol. The summed E-state index contributed by atoms with van der Waals surface area (Å²) in [6.07, 6.45) is -0.360. The van der Waals surface area contributed by atoms with Crippen LogP contribution in [0.25, 0.3) is 0 Å². The number of hydrogen-bond donors (Lipinski definition) is 1. The summed E-state index contributed by atoms with van der Waals surface area (Å²) in [7, 11) is -3.77. The summed E-state index contributed by atoms with van der Waals surface area (Å²) in [5.74, 6) is 0. The van der Waals surface area contributed by atoms with Crippen LogP contribution in [-0.4, -0.2) is 38.0 Å². The third-order valence-corrected chi connectivity index (χ3v) is 5.60. The number of nitrogens with zero attached hydrogens (tertiary/aromatic N) is 1. The van der Waals surface area contributed by atoms with Crippen molar-refractivity contribution in [1.29, 1.82) is 0 Å². The smallest absolute Gasteiger partial charge is 0.246 e. The van der Waals surface area contributed by atoms with Crippen LogP contribution in [0.15, 0.2) is 17.0 Å². The fourth-order valence-electron chi connectivity index (χ4n) is 2.31. The standard InChI is InChI=1S/C12H16Cl2N2O3S/c1-7-5-16(6-8(2)19-7)20(17,18)12-10(14)3-9(13)4-11(12)15/h3-4,7-8H,5-6,15H2,1-2H3/t7-,8+. The first-order valence-corrected chi connectivity index (χ1v) is 8.31. The third-order valence-electron chi connectivity index (χ3n) is 3.02. The molecule has 1 heterocycles. The Morgan fingerprint density at radius 1 is 1.25 bits per heavy atom. The Morgan fingerprint density at radius 2 is 1.80 bits per heavy atom. The molecule has 2 N–H and O–H groups in total. The van der Waals surface area contributed by atoms with E-state index in [1.807, 2.05) is 13.8 Å². The highest BCUT2D eigenvalue weighted by atomic mass is 35.5. The van der Waals surface area contributed by atoms with Gasteiger partial charge in [-0.2, -0.15) is 4.31 Å². The zero-order valence-corrected chi connectivity index (χ0v) is 13.5. The number of sulfonamides is 1. The van der Waals surface area contributed by atoms with Crippen LogP contribution in [0, 0.1) is 0 Å². The molecule has 1 aromatic carbocycles. The Kier molecular flexibility index (Phi) is 4.51. The summed E-state index contributed by atoms with van der Waals surface area (Å²) >= 11 is 11.8. The molecule has 0 amide bonds. The van der Waals surface area contributed by atoms with Crippen molar-refractivity contribution in [2.24, 2.45) is 0 Å². The molecule has 0 saturated carbocycles. The number of halogens is 2. The van der Waals surface area contributed by atoms with Gasteiger partial charge in [0, 0.05) is 18.1 Å². The minimum absolute atomic E-state index is 0.0294. The van der Waals surface area contributed by atoms with Crippen LogP contribution in [0.2, 0.25) is 10.0 Å². The summed E-state index contributed by atoms with van der Waals surface area (Å²) in [5, 5.41) is 0.331. The van der Waals surface area contributed by atoms with Crippen molar-refractivity contribution < 1.29 is 13.2 Å². The molecule has 8 heteroatoms. The molecule has 1 aliphatic rings. The van der Waals surface area contributed by atoms with Gasteiger partial charge < -0.3 is 10.5 Å². The first-order valence-electron chi connectivity index (χ1n) is 6.12. The van der Waals surface area contributed by atoms with E-state index in [2.05, 4.69) is 0 Å². The van der Waals surface area contributed by atoms with Gasteiger partial charge in [0.25, 0.3) is 0 Å². The molecule has 1 aliphatic heterocycles. The predicted octanol–water partition coefficient (Wildman–Crippen LogP) is 2.37. The number of rotatable bonds is 2. The second-order valence-electron chi connectivity index (χ2n) is 4.89. The monoisotopic (exact) mass is 338 g/mol. The number of morpholine rings is 1. The number of nitrogens with two attached hydrogens (primary N) is 1. The van der Waals surface area contributed by atoms with Crippen LogP contribution in [0.1, 0.15) is 13.8 Å². The second-order valence-corrected chi connectivity index (χ2v) is 7.60. The number of ether oxygens (including phenoxy) is 1. The van der Waals surface area contributed by atoms with Crippen molar-refractivity contribution in [3.8, 4) is 0 Å². The normalized spacial score (nSPS) is 24.8. The van der Waals surface area contributed by atoms with Gasteiger partial charge in [-0.15, -0.1) is 0 Å². The van der Waals surface area contributed by atoms with Gasteiger partial charge in [-0.3, -0.25) is 0 Å². The molecule has 1 saturated heterocycles. The van der Waals surface area contributed by atoms with Crippen molar-refractivity contribution in [3.05, 3.63) is 22.2 Å². The number of benzene rings is 1. The molecule has 1 aromatic rings. The molecule has 0 aromatic heterocycles. The molecular weight excluding hydrogens is 323 g/mol. The molecule has 2 atom stereocenters. The molecule has 112 valence electrons. The van der Waals surface area contributed by atoms with Crippen LogP contribution in [-0.2, 0) is 14.8 Å². The third kappa shape index (κ3) is 3.04. The Morgan fingerprint density at radius 3 is 2.30 bits per heavy atom. The summed E-state index contributed by atoms with van der Waals surface area (Å²) in [6.45, 7) is 4.19. The zero-order valence-electron chi connectivity index (χ0n) is 11.1. The average molecular weight is 339 g/mol. The van der Waals surface area contributed by atoms with Gasteiger partial charge in [0.15, 0.2) is 0 Å². The first kappa shape index (κ1) is 15.9. The first-order chi connectivity index (χ1) is 9.21. The quantitative estimate of drug-likeness (QED) is 0.840. The van der Waals surface area contributed by atoms with E-state index < -0.39 is 10.0 Å². The van der Waals surface area contributed by atoms with Gasteiger partial charge in [-0.05, 0) is 26.0 Å². The summed E-state index contributed by atoms with van der Waals surface area (Å²) in [4.78, 5) is -0.0927. The largest absolute Gasteiger partial charge is 0.398 e. The van der Waals surface area contributed by atoms with E-state index in [-0.39, 0.29) is 40.9 Å². The Labute approximate surface area is 128 Å². The molecule has 0 bridgehead atoms. The lowest BCUT2D eigenvalue weighted by atomic mass is 10.3. The van der Waals surface area contributed by atoms with E-state index in [1.165, 1.54) is 16.4 Å². The van der Waals surface area contributed by atoms with Gasteiger partial charge in [-0.25, -0.2) is 8.42 Å². The van der Waals surface area contributed by atoms with Gasteiger partial charge in [0.05, 0.1) is 22.9 Å². The lowest BCUT2D eigenvalue weighted by Crippen LogP contribution is -2.48. The van der Waals surface area contributed by atoms with E-state index in [4.69, 9.17) is 33.7 Å². The van der Waals surface area contributed by atoms with Crippen LogP contribution in [0.5, 0.6) is 0 Å². The minimum atomic E-state index is -3.77. The topological polar surface area (TPSA) is 72.6 Å². The van der Waals surface area contributed by atoms with Crippen molar-refractivity contribution in [2.45, 2.75) is 31.0 Å². The van der Waals surface area contributed by atoms with E-state index >= 15 is 0 Å². The summed E-state index contributed by atoms with van der Waals surface area (Å²) in [6, 6.07) is 2.76. The molecule has 0 radical (unpaired) electrons. The maximum Gasteiger partial charge on any atom is 0.246 e. The van der Waals surface area contributed by atoms with Crippen molar-refractivity contribution in [2.75, 3.05) is 18.8 Å². The minimum Gasteiger partial charge on any atom is -0.398 e. The van der Waals surface area contributed by atoms with Gasteiger partial charge in [0.1, 0.15) is 4.90 Å². The Bertz CT molecular complexity index is 588. The lowest BCUT2D eigenvalue weighted by molar-refractivity contribution is -0.0440.